The maximum Gasteiger partial charge on any atom is 0.241 e. The van der Waals surface area contributed by atoms with Gasteiger partial charge in [0, 0.05) is 24.5 Å². The number of hydrogen-bond acceptors (Lipinski definition) is 3. The number of hydrogen-bond donors (Lipinski definition) is 2. The SMILES string of the molecule is Cc1cc(N2CCCC2)ccc1NC(=O)[C@H]1CCCN1. The van der Waals surface area contributed by atoms with Crippen LogP contribution in [0.2, 0.25) is 0 Å². The summed E-state index contributed by atoms with van der Waals surface area (Å²) in [6, 6.07) is 6.32. The molecule has 1 atom stereocenters. The molecule has 3 rings (SSSR count). The van der Waals surface area contributed by atoms with Crippen LogP contribution in [-0.4, -0.2) is 31.6 Å². The highest BCUT2D eigenvalue weighted by Gasteiger charge is 2.22. The molecule has 0 unspecified atom stereocenters. The fourth-order valence-electron chi connectivity index (χ4n) is 3.09. The Labute approximate surface area is 120 Å². The van der Waals surface area contributed by atoms with Gasteiger partial charge in [-0.2, -0.15) is 0 Å². The third kappa shape index (κ3) is 2.80. The lowest BCUT2D eigenvalue weighted by Gasteiger charge is -2.20. The molecule has 2 aliphatic heterocycles. The van der Waals surface area contributed by atoms with Crippen molar-refractivity contribution in [2.75, 3.05) is 29.9 Å². The van der Waals surface area contributed by atoms with Crippen molar-refractivity contribution in [3.63, 3.8) is 0 Å². The zero-order valence-electron chi connectivity index (χ0n) is 12.1. The Morgan fingerprint density at radius 1 is 1.30 bits per heavy atom. The molecule has 1 aromatic rings. The van der Waals surface area contributed by atoms with E-state index in [1.54, 1.807) is 0 Å². The van der Waals surface area contributed by atoms with Gasteiger partial charge in [-0.25, -0.2) is 0 Å². The Balaban J connectivity index is 1.68. The topological polar surface area (TPSA) is 44.4 Å². The van der Waals surface area contributed by atoms with E-state index in [1.165, 1.54) is 18.5 Å². The van der Waals surface area contributed by atoms with Crippen molar-refractivity contribution >= 4 is 17.3 Å². The van der Waals surface area contributed by atoms with Gasteiger partial charge in [-0.1, -0.05) is 0 Å². The van der Waals surface area contributed by atoms with Crippen LogP contribution in [0.1, 0.15) is 31.2 Å². The molecule has 2 saturated heterocycles. The van der Waals surface area contributed by atoms with Crippen molar-refractivity contribution in [1.82, 2.24) is 5.32 Å². The van der Waals surface area contributed by atoms with Crippen molar-refractivity contribution < 1.29 is 4.79 Å². The lowest BCUT2D eigenvalue weighted by Crippen LogP contribution is -2.35. The van der Waals surface area contributed by atoms with Crippen LogP contribution < -0.4 is 15.5 Å². The van der Waals surface area contributed by atoms with E-state index >= 15 is 0 Å². The van der Waals surface area contributed by atoms with Crippen molar-refractivity contribution in [3.8, 4) is 0 Å². The van der Waals surface area contributed by atoms with Crippen molar-refractivity contribution in [1.29, 1.82) is 0 Å². The Morgan fingerprint density at radius 2 is 2.10 bits per heavy atom. The second-order valence-corrected chi connectivity index (χ2v) is 5.83. The van der Waals surface area contributed by atoms with E-state index in [9.17, 15) is 4.79 Å². The standard InChI is InChI=1S/C16H23N3O/c1-12-11-13(19-9-2-3-10-19)6-7-14(12)18-16(20)15-5-4-8-17-15/h6-7,11,15,17H,2-5,8-10H2,1H3,(H,18,20)/t15-/m1/s1. The molecule has 20 heavy (non-hydrogen) atoms. The Morgan fingerprint density at radius 3 is 2.75 bits per heavy atom. The molecule has 108 valence electrons. The molecule has 0 saturated carbocycles. The van der Waals surface area contributed by atoms with Crippen LogP contribution in [0.5, 0.6) is 0 Å². The predicted molar refractivity (Wildman–Crippen MR) is 82.3 cm³/mol. The van der Waals surface area contributed by atoms with Crippen LogP contribution in [0.15, 0.2) is 18.2 Å². The van der Waals surface area contributed by atoms with Gasteiger partial charge >= 0.3 is 0 Å². The van der Waals surface area contributed by atoms with Gasteiger partial charge in [0.2, 0.25) is 5.91 Å². The lowest BCUT2D eigenvalue weighted by molar-refractivity contribution is -0.117. The second-order valence-electron chi connectivity index (χ2n) is 5.83. The largest absolute Gasteiger partial charge is 0.372 e. The van der Waals surface area contributed by atoms with Gasteiger partial charge in [0.05, 0.1) is 6.04 Å². The summed E-state index contributed by atoms with van der Waals surface area (Å²) in [6.07, 6.45) is 4.59. The van der Waals surface area contributed by atoms with Crippen LogP contribution in [0, 0.1) is 6.92 Å². The molecule has 2 fully saturated rings. The molecule has 0 aromatic heterocycles. The highest BCUT2D eigenvalue weighted by molar-refractivity contribution is 5.95. The molecule has 1 amide bonds. The maximum absolute atomic E-state index is 12.1. The van der Waals surface area contributed by atoms with Crippen LogP contribution in [0.4, 0.5) is 11.4 Å². The van der Waals surface area contributed by atoms with Gasteiger partial charge in [0.25, 0.3) is 0 Å². The zero-order chi connectivity index (χ0) is 13.9. The van der Waals surface area contributed by atoms with E-state index in [0.29, 0.717) is 0 Å². The highest BCUT2D eigenvalue weighted by Crippen LogP contribution is 2.25. The molecule has 4 nitrogen and oxygen atoms in total. The molecule has 4 heteroatoms. The van der Waals surface area contributed by atoms with Crippen molar-refractivity contribution in [2.24, 2.45) is 0 Å². The molecular formula is C16H23N3O. The lowest BCUT2D eigenvalue weighted by atomic mass is 10.1. The van der Waals surface area contributed by atoms with Crippen LogP contribution in [-0.2, 0) is 4.79 Å². The molecule has 2 heterocycles. The highest BCUT2D eigenvalue weighted by atomic mass is 16.2. The number of anilines is 2. The fraction of sp³-hybridized carbons (Fsp3) is 0.562. The van der Waals surface area contributed by atoms with E-state index in [2.05, 4.69) is 34.6 Å². The summed E-state index contributed by atoms with van der Waals surface area (Å²) in [5.41, 5.74) is 3.35. The summed E-state index contributed by atoms with van der Waals surface area (Å²) in [5, 5.41) is 6.28. The van der Waals surface area contributed by atoms with Crippen molar-refractivity contribution in [3.05, 3.63) is 23.8 Å². The summed E-state index contributed by atoms with van der Waals surface area (Å²) >= 11 is 0. The molecule has 2 N–H and O–H groups in total. The Kier molecular flexibility index (Phi) is 3.92. The second kappa shape index (κ2) is 5.83. The molecular weight excluding hydrogens is 250 g/mol. The average Bonchev–Trinajstić information content (AvgIpc) is 3.14. The Hall–Kier alpha value is -1.55. The summed E-state index contributed by atoms with van der Waals surface area (Å²) < 4.78 is 0. The normalized spacial score (nSPS) is 22.2. The number of nitrogens with zero attached hydrogens (tertiary/aromatic N) is 1. The zero-order valence-corrected chi connectivity index (χ0v) is 12.1. The monoisotopic (exact) mass is 273 g/mol. The third-order valence-electron chi connectivity index (χ3n) is 4.32. The molecule has 1 aromatic carbocycles. The first-order valence-corrected chi connectivity index (χ1v) is 7.64. The molecule has 0 radical (unpaired) electrons. The van der Waals surface area contributed by atoms with E-state index < -0.39 is 0 Å². The van der Waals surface area contributed by atoms with Gasteiger partial charge < -0.3 is 15.5 Å². The number of benzene rings is 1. The van der Waals surface area contributed by atoms with Gasteiger partial charge in [0.15, 0.2) is 0 Å². The third-order valence-corrected chi connectivity index (χ3v) is 4.32. The van der Waals surface area contributed by atoms with Gasteiger partial charge in [-0.05, 0) is 62.9 Å². The van der Waals surface area contributed by atoms with Crippen molar-refractivity contribution in [2.45, 2.75) is 38.6 Å². The number of nitrogens with one attached hydrogen (secondary N) is 2. The van der Waals surface area contributed by atoms with E-state index in [0.717, 1.165) is 43.7 Å². The molecule has 2 aliphatic rings. The predicted octanol–water partition coefficient (Wildman–Crippen LogP) is 2.29. The number of carbonyl (C=O) groups excluding carboxylic acids is 1. The minimum atomic E-state index is -0.0207. The van der Waals surface area contributed by atoms with Crippen LogP contribution in [0.25, 0.3) is 0 Å². The first-order chi connectivity index (χ1) is 9.74. The summed E-state index contributed by atoms with van der Waals surface area (Å²) in [7, 11) is 0. The molecule has 0 spiro atoms. The molecule has 0 bridgehead atoms. The number of amides is 1. The van der Waals surface area contributed by atoms with Gasteiger partial charge in [-0.15, -0.1) is 0 Å². The van der Waals surface area contributed by atoms with Crippen LogP contribution >= 0.6 is 0 Å². The fourth-order valence-corrected chi connectivity index (χ4v) is 3.09. The maximum atomic E-state index is 12.1. The Bertz CT molecular complexity index is 488. The van der Waals surface area contributed by atoms with E-state index in [-0.39, 0.29) is 11.9 Å². The summed E-state index contributed by atoms with van der Waals surface area (Å²) in [4.78, 5) is 14.5. The summed E-state index contributed by atoms with van der Waals surface area (Å²) in [5.74, 6) is 0.0968. The smallest absolute Gasteiger partial charge is 0.241 e. The minimum absolute atomic E-state index is 0.0207. The first kappa shape index (κ1) is 13.4. The average molecular weight is 273 g/mol. The summed E-state index contributed by atoms with van der Waals surface area (Å²) in [6.45, 7) is 5.32. The van der Waals surface area contributed by atoms with E-state index in [1.807, 2.05) is 6.07 Å². The number of aryl methyl sites for hydroxylation is 1. The first-order valence-electron chi connectivity index (χ1n) is 7.64. The molecule has 0 aliphatic carbocycles. The minimum Gasteiger partial charge on any atom is -0.372 e. The van der Waals surface area contributed by atoms with Crippen LogP contribution in [0.3, 0.4) is 0 Å². The van der Waals surface area contributed by atoms with Gasteiger partial charge in [-0.3, -0.25) is 4.79 Å². The number of rotatable bonds is 3. The van der Waals surface area contributed by atoms with Gasteiger partial charge in [0.1, 0.15) is 0 Å². The number of carbonyl (C=O) groups is 1. The quantitative estimate of drug-likeness (QED) is 0.888. The van der Waals surface area contributed by atoms with E-state index in [4.69, 9.17) is 0 Å².